The van der Waals surface area contributed by atoms with Crippen molar-refractivity contribution in [2.75, 3.05) is 4.90 Å². The molecule has 0 aliphatic carbocycles. The molecule has 7 rings (SSSR count). The molecule has 0 radical (unpaired) electrons. The van der Waals surface area contributed by atoms with Crippen molar-refractivity contribution in [2.24, 2.45) is 0 Å². The first-order chi connectivity index (χ1) is 15.9. The molecule has 0 aromatic heterocycles. The molecule has 0 saturated carbocycles. The van der Waals surface area contributed by atoms with Crippen molar-refractivity contribution >= 4 is 40.2 Å². The van der Waals surface area contributed by atoms with E-state index in [0.717, 1.165) is 0 Å². The van der Waals surface area contributed by atoms with E-state index in [1.54, 1.807) is 0 Å². The molecule has 0 bridgehead atoms. The second kappa shape index (κ2) is 6.73. The molecule has 2 heterocycles. The van der Waals surface area contributed by atoms with E-state index in [1.165, 1.54) is 55.7 Å². The number of fused-ring (bicyclic) bond motifs is 5. The monoisotopic (exact) mass is 405 g/mol. The van der Waals surface area contributed by atoms with Gasteiger partial charge in [0.15, 0.2) is 0 Å². The van der Waals surface area contributed by atoms with Gasteiger partial charge in [-0.25, -0.2) is 0 Å². The van der Waals surface area contributed by atoms with Crippen LogP contribution in [0.25, 0.3) is 22.3 Å². The number of hydrogen-bond acceptors (Lipinski definition) is 1. The van der Waals surface area contributed by atoms with Gasteiger partial charge < -0.3 is 4.90 Å². The second-order valence-electron chi connectivity index (χ2n) is 8.54. The van der Waals surface area contributed by atoms with Gasteiger partial charge in [0.05, 0.1) is 0 Å². The van der Waals surface area contributed by atoms with Crippen molar-refractivity contribution in [1.82, 2.24) is 0 Å². The smallest absolute Gasteiger partial charge is 0.248 e. The number of para-hydroxylation sites is 2. The predicted molar refractivity (Wildman–Crippen MR) is 137 cm³/mol. The van der Waals surface area contributed by atoms with E-state index >= 15 is 0 Å². The molecule has 2 heteroatoms. The zero-order chi connectivity index (χ0) is 21.1. The summed E-state index contributed by atoms with van der Waals surface area (Å²) in [6.45, 7) is 0.260. The molecular weight excluding hydrogens is 385 g/mol. The number of anilines is 3. The summed E-state index contributed by atoms with van der Waals surface area (Å²) in [5.74, 6) is 0. The lowest BCUT2D eigenvalue weighted by Gasteiger charge is -2.36. The van der Waals surface area contributed by atoms with E-state index in [9.17, 15) is 0 Å². The summed E-state index contributed by atoms with van der Waals surface area (Å²) in [4.78, 5) is 2.44. The first-order valence-electron chi connectivity index (χ1n) is 11.2. The molecule has 0 atom stereocenters. The van der Waals surface area contributed by atoms with Crippen LogP contribution < -0.4 is 21.3 Å². The van der Waals surface area contributed by atoms with E-state index in [1.807, 2.05) is 0 Å². The summed E-state index contributed by atoms with van der Waals surface area (Å²) in [6.07, 6.45) is 0. The highest BCUT2D eigenvalue weighted by Gasteiger charge is 2.43. The maximum atomic E-state index is 2.44. The maximum Gasteiger partial charge on any atom is 0.248 e. The van der Waals surface area contributed by atoms with Crippen LogP contribution >= 0.6 is 0 Å². The Kier molecular flexibility index (Phi) is 3.71. The Hall–Kier alpha value is -4.04. The molecule has 2 aliphatic rings. The molecule has 0 amide bonds. The predicted octanol–water partition coefficient (Wildman–Crippen LogP) is 5.63. The molecule has 0 fully saturated rings. The Morgan fingerprint density at radius 1 is 0.469 bits per heavy atom. The minimum Gasteiger partial charge on any atom is -0.312 e. The average molecular weight is 405 g/mol. The molecule has 0 unspecified atom stereocenters. The number of rotatable bonds is 2. The van der Waals surface area contributed by atoms with E-state index in [4.69, 9.17) is 0 Å². The zero-order valence-electron chi connectivity index (χ0n) is 17.6. The van der Waals surface area contributed by atoms with Gasteiger partial charge >= 0.3 is 0 Å². The van der Waals surface area contributed by atoms with Crippen LogP contribution in [-0.2, 0) is 0 Å². The lowest BCUT2D eigenvalue weighted by molar-refractivity contribution is 1.30. The van der Waals surface area contributed by atoms with E-state index < -0.39 is 0 Å². The van der Waals surface area contributed by atoms with Crippen LogP contribution in [0.4, 0.5) is 17.1 Å². The highest BCUT2D eigenvalue weighted by atomic mass is 15.1. The standard InChI is InChI=1S/C30H20BN/c1-3-11-21(12-4-1)23-19-20-28-30-29(23)24-15-7-8-16-25(24)31(30)26-17-9-10-18-27(26)32(28)22-13-5-2-6-14-22/h1-20H. The van der Waals surface area contributed by atoms with Gasteiger partial charge in [0.25, 0.3) is 0 Å². The van der Waals surface area contributed by atoms with Gasteiger partial charge in [0, 0.05) is 17.1 Å². The summed E-state index contributed by atoms with van der Waals surface area (Å²) in [7, 11) is 0. The first-order valence-corrected chi connectivity index (χ1v) is 11.2. The quantitative estimate of drug-likeness (QED) is 0.337. The largest absolute Gasteiger partial charge is 0.312 e. The molecule has 148 valence electrons. The molecule has 5 aromatic rings. The van der Waals surface area contributed by atoms with Crippen LogP contribution in [0.1, 0.15) is 0 Å². The Labute approximate surface area is 188 Å². The fourth-order valence-corrected chi connectivity index (χ4v) is 5.62. The summed E-state index contributed by atoms with van der Waals surface area (Å²) in [6, 6.07) is 44.0. The summed E-state index contributed by atoms with van der Waals surface area (Å²) in [5.41, 5.74) is 13.3. The summed E-state index contributed by atoms with van der Waals surface area (Å²) >= 11 is 0. The van der Waals surface area contributed by atoms with Crippen LogP contribution in [0.5, 0.6) is 0 Å². The minimum atomic E-state index is 0.260. The minimum absolute atomic E-state index is 0.260. The lowest BCUT2D eigenvalue weighted by atomic mass is 9.37. The normalized spacial score (nSPS) is 12.9. The third kappa shape index (κ3) is 2.35. The van der Waals surface area contributed by atoms with Crippen molar-refractivity contribution in [2.45, 2.75) is 0 Å². The Balaban J connectivity index is 1.61. The van der Waals surface area contributed by atoms with Crippen LogP contribution in [-0.4, -0.2) is 6.71 Å². The van der Waals surface area contributed by atoms with Gasteiger partial charge in [-0.15, -0.1) is 0 Å². The third-order valence-electron chi connectivity index (χ3n) is 6.88. The van der Waals surface area contributed by atoms with E-state index in [0.29, 0.717) is 0 Å². The molecular formula is C30H20BN. The molecule has 0 saturated heterocycles. The Bertz CT molecular complexity index is 1470. The fourth-order valence-electron chi connectivity index (χ4n) is 5.62. The molecule has 0 N–H and O–H groups in total. The fraction of sp³-hybridized carbons (Fsp3) is 0. The molecule has 0 spiro atoms. The molecule has 32 heavy (non-hydrogen) atoms. The van der Waals surface area contributed by atoms with Crippen molar-refractivity contribution < 1.29 is 0 Å². The maximum absolute atomic E-state index is 2.44. The van der Waals surface area contributed by atoms with Gasteiger partial charge in [0.1, 0.15) is 0 Å². The average Bonchev–Trinajstić information content (AvgIpc) is 3.22. The van der Waals surface area contributed by atoms with Gasteiger partial charge in [-0.2, -0.15) is 0 Å². The SMILES string of the molecule is c1ccc(-c2ccc3c4c2-c2ccccc2B4c2ccccc2N3c2ccccc2)cc1. The van der Waals surface area contributed by atoms with Gasteiger partial charge in [0.2, 0.25) is 6.71 Å². The zero-order valence-corrected chi connectivity index (χ0v) is 17.6. The Morgan fingerprint density at radius 2 is 1.12 bits per heavy atom. The molecule has 1 nitrogen and oxygen atoms in total. The first kappa shape index (κ1) is 17.6. The van der Waals surface area contributed by atoms with Gasteiger partial charge in [-0.05, 0) is 57.4 Å². The lowest BCUT2D eigenvalue weighted by Crippen LogP contribution is -2.54. The van der Waals surface area contributed by atoms with Crippen LogP contribution in [0.15, 0.2) is 121 Å². The van der Waals surface area contributed by atoms with Crippen LogP contribution in [0.3, 0.4) is 0 Å². The van der Waals surface area contributed by atoms with E-state index in [2.05, 4.69) is 126 Å². The van der Waals surface area contributed by atoms with Crippen LogP contribution in [0, 0.1) is 0 Å². The highest BCUT2D eigenvalue weighted by molar-refractivity contribution is 7.01. The van der Waals surface area contributed by atoms with Gasteiger partial charge in [-0.1, -0.05) is 103 Å². The second-order valence-corrected chi connectivity index (χ2v) is 8.54. The number of benzene rings is 5. The molecule has 2 aliphatic heterocycles. The number of hydrogen-bond donors (Lipinski definition) is 0. The van der Waals surface area contributed by atoms with Crippen molar-refractivity contribution in [3.63, 3.8) is 0 Å². The van der Waals surface area contributed by atoms with E-state index in [-0.39, 0.29) is 6.71 Å². The van der Waals surface area contributed by atoms with Gasteiger partial charge in [-0.3, -0.25) is 0 Å². The number of nitrogens with zero attached hydrogens (tertiary/aromatic N) is 1. The third-order valence-corrected chi connectivity index (χ3v) is 6.88. The van der Waals surface area contributed by atoms with Crippen molar-refractivity contribution in [3.8, 4) is 22.3 Å². The topological polar surface area (TPSA) is 3.24 Å². The molecule has 5 aromatic carbocycles. The van der Waals surface area contributed by atoms with Crippen LogP contribution in [0.2, 0.25) is 0 Å². The highest BCUT2D eigenvalue weighted by Crippen LogP contribution is 2.43. The summed E-state index contributed by atoms with van der Waals surface area (Å²) < 4.78 is 0. The van der Waals surface area contributed by atoms with Crippen molar-refractivity contribution in [3.05, 3.63) is 121 Å². The Morgan fingerprint density at radius 3 is 1.94 bits per heavy atom. The van der Waals surface area contributed by atoms with Crippen molar-refractivity contribution in [1.29, 1.82) is 0 Å². The summed E-state index contributed by atoms with van der Waals surface area (Å²) in [5, 5.41) is 0.